The van der Waals surface area contributed by atoms with E-state index in [2.05, 4.69) is 105 Å². The second-order valence-corrected chi connectivity index (χ2v) is 14.6. The second kappa shape index (κ2) is 11.9. The van der Waals surface area contributed by atoms with Crippen LogP contribution in [0.25, 0.3) is 101 Å². The molecule has 11 rings (SSSR count). The number of rotatable bonds is 5. The molecule has 1 aliphatic rings. The minimum atomic E-state index is -0.308. The molecular formula is C49H32N4O2. The van der Waals surface area contributed by atoms with Gasteiger partial charge in [0.2, 0.25) is 5.89 Å². The third kappa shape index (κ3) is 4.95. The second-order valence-electron chi connectivity index (χ2n) is 14.6. The summed E-state index contributed by atoms with van der Waals surface area (Å²) in [6.45, 7) is 4.53. The van der Waals surface area contributed by atoms with Crippen LogP contribution < -0.4 is 0 Å². The highest BCUT2D eigenvalue weighted by Crippen LogP contribution is 2.52. The number of oxazole rings is 1. The number of aromatic nitrogens is 4. The lowest BCUT2D eigenvalue weighted by Gasteiger charge is -2.21. The average molecular weight is 709 g/mol. The van der Waals surface area contributed by atoms with E-state index >= 15 is 0 Å². The van der Waals surface area contributed by atoms with Crippen molar-refractivity contribution in [3.05, 3.63) is 169 Å². The first kappa shape index (κ1) is 31.4. The van der Waals surface area contributed by atoms with Crippen LogP contribution in [0.1, 0.15) is 25.0 Å². The quantitative estimate of drug-likeness (QED) is 0.177. The van der Waals surface area contributed by atoms with E-state index in [0.29, 0.717) is 23.4 Å². The van der Waals surface area contributed by atoms with E-state index in [9.17, 15) is 0 Å². The van der Waals surface area contributed by atoms with Crippen molar-refractivity contribution >= 4 is 33.0 Å². The Kier molecular flexibility index (Phi) is 6.79. The van der Waals surface area contributed by atoms with E-state index < -0.39 is 0 Å². The molecule has 6 nitrogen and oxygen atoms in total. The molecule has 0 spiro atoms. The molecule has 0 saturated carbocycles. The summed E-state index contributed by atoms with van der Waals surface area (Å²) in [5, 5.41) is 2.08. The lowest BCUT2D eigenvalue weighted by molar-refractivity contribution is 0.618. The first-order valence-electron chi connectivity index (χ1n) is 18.5. The third-order valence-electron chi connectivity index (χ3n) is 11.0. The van der Waals surface area contributed by atoms with Crippen LogP contribution in [0.3, 0.4) is 0 Å². The molecule has 0 unspecified atom stereocenters. The summed E-state index contributed by atoms with van der Waals surface area (Å²) in [7, 11) is 0. The molecule has 0 aliphatic heterocycles. The number of furan rings is 1. The Bertz CT molecular complexity index is 3120. The van der Waals surface area contributed by atoms with Gasteiger partial charge >= 0.3 is 0 Å². The zero-order valence-corrected chi connectivity index (χ0v) is 30.1. The van der Waals surface area contributed by atoms with Gasteiger partial charge in [-0.1, -0.05) is 129 Å². The maximum absolute atomic E-state index is 6.54. The minimum absolute atomic E-state index is 0.308. The molecule has 3 aromatic heterocycles. The predicted octanol–water partition coefficient (Wildman–Crippen LogP) is 12.6. The third-order valence-corrected chi connectivity index (χ3v) is 11.0. The zero-order valence-electron chi connectivity index (χ0n) is 30.1. The van der Waals surface area contributed by atoms with E-state index in [-0.39, 0.29) is 5.41 Å². The first-order valence-corrected chi connectivity index (χ1v) is 18.5. The van der Waals surface area contributed by atoms with Crippen molar-refractivity contribution in [1.29, 1.82) is 0 Å². The lowest BCUT2D eigenvalue weighted by atomic mass is 9.82. The van der Waals surface area contributed by atoms with Crippen molar-refractivity contribution in [3.63, 3.8) is 0 Å². The summed E-state index contributed by atoms with van der Waals surface area (Å²) in [6, 6.07) is 53.9. The van der Waals surface area contributed by atoms with Gasteiger partial charge in [0.1, 0.15) is 16.7 Å². The van der Waals surface area contributed by atoms with Crippen molar-refractivity contribution < 1.29 is 8.83 Å². The van der Waals surface area contributed by atoms with Crippen molar-refractivity contribution in [2.24, 2.45) is 0 Å². The predicted molar refractivity (Wildman–Crippen MR) is 219 cm³/mol. The highest BCUT2D eigenvalue weighted by Gasteiger charge is 2.38. The van der Waals surface area contributed by atoms with Gasteiger partial charge in [-0.25, -0.2) is 19.9 Å². The summed E-state index contributed by atoms with van der Waals surface area (Å²) in [5.74, 6) is 2.34. The van der Waals surface area contributed by atoms with Gasteiger partial charge in [-0.15, -0.1) is 0 Å². The Morgan fingerprint density at radius 1 is 0.418 bits per heavy atom. The van der Waals surface area contributed by atoms with E-state index in [1.54, 1.807) is 0 Å². The molecule has 0 radical (unpaired) electrons. The molecule has 6 heteroatoms. The molecule has 10 aromatic rings. The molecule has 3 heterocycles. The summed E-state index contributed by atoms with van der Waals surface area (Å²) in [4.78, 5) is 20.4. The van der Waals surface area contributed by atoms with E-state index in [4.69, 9.17) is 28.8 Å². The molecule has 55 heavy (non-hydrogen) atoms. The number of para-hydroxylation sites is 2. The fourth-order valence-electron chi connectivity index (χ4n) is 8.19. The van der Waals surface area contributed by atoms with Crippen molar-refractivity contribution in [3.8, 4) is 67.9 Å². The summed E-state index contributed by atoms with van der Waals surface area (Å²) < 4.78 is 13.0. The fourth-order valence-corrected chi connectivity index (χ4v) is 8.19. The van der Waals surface area contributed by atoms with Crippen molar-refractivity contribution in [2.75, 3.05) is 0 Å². The summed E-state index contributed by atoms with van der Waals surface area (Å²) >= 11 is 0. The SMILES string of the molecule is CC1(C)c2cc(-c3nc(-c4cccc(-c5ccccc5)c4)nc(-c4cccc5c4oc4ccccc45)n3)ccc2-c2c1ccc1nc(-c3ccccc3)oc21. The van der Waals surface area contributed by atoms with Crippen LogP contribution in [0, 0.1) is 0 Å². The topological polar surface area (TPSA) is 77.8 Å². The number of fused-ring (bicyclic) bond motifs is 8. The zero-order chi connectivity index (χ0) is 36.7. The van der Waals surface area contributed by atoms with Crippen LogP contribution in [0.2, 0.25) is 0 Å². The fraction of sp³-hybridized carbons (Fsp3) is 0.0612. The summed E-state index contributed by atoms with van der Waals surface area (Å²) in [5.41, 5.74) is 13.3. The standard InChI is InChI=1S/C49H32N4O2/c1-49(2)38-25-26-40-44(55-48(50-40)30-15-7-4-8-16-30)42(38)36-24-23-33(28-39(36)49)46-51-45(32-18-11-17-31(27-32)29-13-5-3-6-14-29)52-47(53-46)37-21-12-20-35-34-19-9-10-22-41(34)54-43(35)37/h3-28H,1-2H3. The summed E-state index contributed by atoms with van der Waals surface area (Å²) in [6.07, 6.45) is 0. The molecule has 7 aromatic carbocycles. The Morgan fingerprint density at radius 3 is 1.89 bits per heavy atom. The molecule has 0 N–H and O–H groups in total. The van der Waals surface area contributed by atoms with Gasteiger partial charge in [0.15, 0.2) is 23.1 Å². The van der Waals surface area contributed by atoms with Crippen molar-refractivity contribution in [1.82, 2.24) is 19.9 Å². The lowest BCUT2D eigenvalue weighted by Crippen LogP contribution is -2.15. The van der Waals surface area contributed by atoms with Gasteiger partial charge in [0.25, 0.3) is 0 Å². The number of hydrogen-bond acceptors (Lipinski definition) is 6. The van der Waals surface area contributed by atoms with Crippen LogP contribution in [-0.2, 0) is 5.41 Å². The van der Waals surface area contributed by atoms with Gasteiger partial charge in [0, 0.05) is 38.4 Å². The van der Waals surface area contributed by atoms with Crippen LogP contribution in [-0.4, -0.2) is 19.9 Å². The number of nitrogens with zero attached hydrogens (tertiary/aromatic N) is 4. The maximum Gasteiger partial charge on any atom is 0.227 e. The van der Waals surface area contributed by atoms with Gasteiger partial charge in [-0.2, -0.15) is 0 Å². The average Bonchev–Trinajstić information content (AvgIpc) is 3.92. The van der Waals surface area contributed by atoms with Gasteiger partial charge in [0.05, 0.1) is 5.56 Å². The Labute approximate surface area is 316 Å². The normalized spacial score (nSPS) is 13.1. The monoisotopic (exact) mass is 708 g/mol. The van der Waals surface area contributed by atoms with E-state index in [0.717, 1.165) is 77.5 Å². The molecule has 0 fully saturated rings. The van der Waals surface area contributed by atoms with E-state index in [1.807, 2.05) is 66.7 Å². The molecule has 1 aliphatic carbocycles. The Balaban J connectivity index is 1.10. The molecule has 0 atom stereocenters. The number of hydrogen-bond donors (Lipinski definition) is 0. The Hall–Kier alpha value is -7.18. The molecule has 0 bridgehead atoms. The van der Waals surface area contributed by atoms with Gasteiger partial charge in [-0.3, -0.25) is 0 Å². The highest BCUT2D eigenvalue weighted by atomic mass is 16.3. The minimum Gasteiger partial charge on any atom is -0.455 e. The van der Waals surface area contributed by atoms with Gasteiger partial charge in [-0.05, 0) is 70.3 Å². The largest absolute Gasteiger partial charge is 0.455 e. The molecular weight excluding hydrogens is 677 g/mol. The maximum atomic E-state index is 6.54. The first-order chi connectivity index (χ1) is 27.0. The molecule has 0 saturated heterocycles. The smallest absolute Gasteiger partial charge is 0.227 e. The number of benzene rings is 7. The van der Waals surface area contributed by atoms with E-state index in [1.165, 1.54) is 11.1 Å². The van der Waals surface area contributed by atoms with Crippen LogP contribution in [0.15, 0.2) is 167 Å². The van der Waals surface area contributed by atoms with Crippen LogP contribution in [0.4, 0.5) is 0 Å². The highest BCUT2D eigenvalue weighted by molar-refractivity contribution is 6.09. The van der Waals surface area contributed by atoms with Crippen LogP contribution in [0.5, 0.6) is 0 Å². The molecule has 0 amide bonds. The Morgan fingerprint density at radius 2 is 1.07 bits per heavy atom. The van der Waals surface area contributed by atoms with Gasteiger partial charge < -0.3 is 8.83 Å². The van der Waals surface area contributed by atoms with Crippen molar-refractivity contribution in [2.45, 2.75) is 19.3 Å². The molecule has 260 valence electrons. The van der Waals surface area contributed by atoms with Crippen LogP contribution >= 0.6 is 0 Å².